The molecule has 0 aliphatic carbocycles. The van der Waals surface area contributed by atoms with Crippen molar-refractivity contribution in [3.63, 3.8) is 0 Å². The molecule has 2 aromatic carbocycles. The minimum atomic E-state index is -0.292. The monoisotopic (exact) mass is 296 g/mol. The van der Waals surface area contributed by atoms with Gasteiger partial charge in [-0.15, -0.1) is 0 Å². The zero-order chi connectivity index (χ0) is 14.4. The van der Waals surface area contributed by atoms with Gasteiger partial charge >= 0.3 is 0 Å². The molecule has 21 heavy (non-hydrogen) atoms. The summed E-state index contributed by atoms with van der Waals surface area (Å²) in [6.07, 6.45) is 0. The van der Waals surface area contributed by atoms with Crippen molar-refractivity contribution in [3.8, 4) is 11.5 Å². The summed E-state index contributed by atoms with van der Waals surface area (Å²) in [4.78, 5) is 0. The second-order valence-electron chi connectivity index (χ2n) is 4.74. The Labute approximate surface area is 124 Å². The third kappa shape index (κ3) is 1.94. The van der Waals surface area contributed by atoms with Crippen LogP contribution in [0.4, 0.5) is 4.39 Å². The molecule has 0 radical (unpaired) electrons. The number of aromatic nitrogens is 2. The second kappa shape index (κ2) is 4.49. The van der Waals surface area contributed by atoms with Gasteiger partial charge in [-0.25, -0.2) is 4.39 Å². The molecule has 0 aliphatic rings. The minimum absolute atomic E-state index is 0.292. The van der Waals surface area contributed by atoms with Crippen LogP contribution in [0.5, 0.6) is 0 Å². The molecule has 2 aromatic heterocycles. The lowest BCUT2D eigenvalue weighted by molar-refractivity contribution is 0.617. The van der Waals surface area contributed by atoms with Crippen molar-refractivity contribution in [1.82, 2.24) is 10.2 Å². The molecule has 5 heteroatoms. The first-order chi connectivity index (χ1) is 10.2. The van der Waals surface area contributed by atoms with Crippen LogP contribution in [0.25, 0.3) is 33.2 Å². The Morgan fingerprint density at radius 2 is 1.86 bits per heavy atom. The third-order valence-corrected chi connectivity index (χ3v) is 3.72. The van der Waals surface area contributed by atoms with Crippen LogP contribution in [0.3, 0.4) is 0 Å². The molecular formula is C16H9FN2OS. The first-order valence-electron chi connectivity index (χ1n) is 6.39. The summed E-state index contributed by atoms with van der Waals surface area (Å²) in [5.41, 5.74) is 1.29. The quantitative estimate of drug-likeness (QED) is 0.511. The summed E-state index contributed by atoms with van der Waals surface area (Å²) in [5.74, 6) is 0.290. The van der Waals surface area contributed by atoms with Crippen LogP contribution in [0, 0.1) is 10.5 Å². The molecule has 0 aliphatic heterocycles. The Balaban J connectivity index is 2.04. The zero-order valence-electron chi connectivity index (χ0n) is 10.8. The molecule has 0 atom stereocenters. The number of hydrogen-bond donors (Lipinski definition) is 1. The molecule has 0 unspecified atom stereocenters. The van der Waals surface area contributed by atoms with Crippen molar-refractivity contribution in [3.05, 3.63) is 59.0 Å². The Hall–Kier alpha value is -2.53. The molecule has 0 spiro atoms. The molecule has 4 aromatic rings. The largest absolute Gasteiger partial charge is 0.454 e. The fraction of sp³-hybridized carbons (Fsp3) is 0. The van der Waals surface area contributed by atoms with E-state index < -0.39 is 0 Å². The van der Waals surface area contributed by atoms with Gasteiger partial charge in [0, 0.05) is 16.2 Å². The first-order valence-corrected chi connectivity index (χ1v) is 6.80. The van der Waals surface area contributed by atoms with Crippen LogP contribution in [0.2, 0.25) is 0 Å². The predicted molar refractivity (Wildman–Crippen MR) is 82.1 cm³/mol. The summed E-state index contributed by atoms with van der Waals surface area (Å²) < 4.78 is 19.6. The number of furan rings is 1. The molecule has 4 rings (SSSR count). The lowest BCUT2D eigenvalue weighted by Gasteiger charge is -2.02. The van der Waals surface area contributed by atoms with Crippen LogP contribution in [0.15, 0.2) is 52.9 Å². The Morgan fingerprint density at radius 3 is 2.71 bits per heavy atom. The highest BCUT2D eigenvalue weighted by atomic mass is 32.1. The van der Waals surface area contributed by atoms with Gasteiger partial charge in [0.15, 0.2) is 5.76 Å². The van der Waals surface area contributed by atoms with E-state index >= 15 is 0 Å². The minimum Gasteiger partial charge on any atom is -0.454 e. The molecular weight excluding hydrogens is 287 g/mol. The highest BCUT2D eigenvalue weighted by Gasteiger charge is 2.12. The number of fused-ring (bicyclic) bond motifs is 2. The summed E-state index contributed by atoms with van der Waals surface area (Å²) >= 11 is 5.25. The van der Waals surface area contributed by atoms with Gasteiger partial charge < -0.3 is 4.42 Å². The number of benzene rings is 2. The van der Waals surface area contributed by atoms with E-state index in [1.165, 1.54) is 12.1 Å². The van der Waals surface area contributed by atoms with Gasteiger partial charge in [-0.2, -0.15) is 5.10 Å². The van der Waals surface area contributed by atoms with Crippen molar-refractivity contribution in [2.45, 2.75) is 0 Å². The van der Waals surface area contributed by atoms with Crippen molar-refractivity contribution < 1.29 is 8.81 Å². The van der Waals surface area contributed by atoms with E-state index in [9.17, 15) is 4.39 Å². The van der Waals surface area contributed by atoms with Crippen molar-refractivity contribution >= 4 is 34.0 Å². The fourth-order valence-corrected chi connectivity index (χ4v) is 2.66. The summed E-state index contributed by atoms with van der Waals surface area (Å²) in [6.45, 7) is 0. The van der Waals surface area contributed by atoms with Crippen LogP contribution in [0.1, 0.15) is 0 Å². The molecule has 1 N–H and O–H groups in total. The maximum Gasteiger partial charge on any atom is 0.156 e. The van der Waals surface area contributed by atoms with E-state index in [0.717, 1.165) is 10.8 Å². The highest BCUT2D eigenvalue weighted by Crippen LogP contribution is 2.31. The van der Waals surface area contributed by atoms with Crippen LogP contribution in [-0.2, 0) is 0 Å². The molecule has 2 heterocycles. The average molecular weight is 296 g/mol. The number of H-pyrrole nitrogens is 1. The van der Waals surface area contributed by atoms with Gasteiger partial charge in [0.25, 0.3) is 0 Å². The van der Waals surface area contributed by atoms with E-state index in [0.29, 0.717) is 27.1 Å². The van der Waals surface area contributed by atoms with E-state index in [1.54, 1.807) is 12.1 Å². The molecule has 0 amide bonds. The number of nitrogens with one attached hydrogen (secondary N) is 1. The van der Waals surface area contributed by atoms with Crippen LogP contribution >= 0.6 is 12.2 Å². The SMILES string of the molecule is Fc1ccc2oc(-c3n[nH]c(=S)c4ccccc34)cc2c1. The molecule has 102 valence electrons. The Morgan fingerprint density at radius 1 is 1.05 bits per heavy atom. The zero-order valence-corrected chi connectivity index (χ0v) is 11.6. The summed E-state index contributed by atoms with van der Waals surface area (Å²) in [6, 6.07) is 13.9. The van der Waals surface area contributed by atoms with E-state index in [-0.39, 0.29) is 5.82 Å². The molecule has 0 saturated heterocycles. The van der Waals surface area contributed by atoms with Gasteiger partial charge in [-0.1, -0.05) is 36.5 Å². The number of aromatic amines is 1. The molecule has 0 saturated carbocycles. The maximum atomic E-state index is 13.3. The second-order valence-corrected chi connectivity index (χ2v) is 5.15. The smallest absolute Gasteiger partial charge is 0.156 e. The van der Waals surface area contributed by atoms with Gasteiger partial charge in [-0.3, -0.25) is 5.10 Å². The van der Waals surface area contributed by atoms with Crippen molar-refractivity contribution in [2.24, 2.45) is 0 Å². The Kier molecular flexibility index (Phi) is 2.62. The lowest BCUT2D eigenvalue weighted by Crippen LogP contribution is -1.89. The maximum absolute atomic E-state index is 13.3. The molecule has 0 fully saturated rings. The van der Waals surface area contributed by atoms with Crippen LogP contribution < -0.4 is 0 Å². The van der Waals surface area contributed by atoms with Crippen molar-refractivity contribution in [2.75, 3.05) is 0 Å². The average Bonchev–Trinajstić information content (AvgIpc) is 2.90. The summed E-state index contributed by atoms with van der Waals surface area (Å²) in [5, 5.41) is 9.62. The fourth-order valence-electron chi connectivity index (χ4n) is 2.43. The highest BCUT2D eigenvalue weighted by molar-refractivity contribution is 7.71. The predicted octanol–water partition coefficient (Wildman–Crippen LogP) is 4.84. The summed E-state index contributed by atoms with van der Waals surface area (Å²) in [7, 11) is 0. The molecule has 3 nitrogen and oxygen atoms in total. The molecule has 0 bridgehead atoms. The van der Waals surface area contributed by atoms with Crippen LogP contribution in [-0.4, -0.2) is 10.2 Å². The first kappa shape index (κ1) is 12.2. The van der Waals surface area contributed by atoms with Crippen molar-refractivity contribution in [1.29, 1.82) is 0 Å². The van der Waals surface area contributed by atoms with Gasteiger partial charge in [-0.05, 0) is 24.3 Å². The number of nitrogens with zero attached hydrogens (tertiary/aromatic N) is 1. The van der Waals surface area contributed by atoms with Gasteiger partial charge in [0.05, 0.1) is 0 Å². The lowest BCUT2D eigenvalue weighted by atomic mass is 10.1. The standard InChI is InChI=1S/C16H9FN2OS/c17-10-5-6-13-9(7-10)8-14(20-13)15-11-3-1-2-4-12(11)16(21)19-18-15/h1-8H,(H,19,21). The van der Waals surface area contributed by atoms with E-state index in [1.807, 2.05) is 24.3 Å². The normalized spacial score (nSPS) is 11.3. The van der Waals surface area contributed by atoms with E-state index in [4.69, 9.17) is 16.6 Å². The topological polar surface area (TPSA) is 41.8 Å². The number of hydrogen-bond acceptors (Lipinski definition) is 3. The van der Waals surface area contributed by atoms with E-state index in [2.05, 4.69) is 10.2 Å². The number of halogens is 1. The number of rotatable bonds is 1. The van der Waals surface area contributed by atoms with Gasteiger partial charge in [0.2, 0.25) is 0 Å². The Bertz CT molecular complexity index is 1040. The third-order valence-electron chi connectivity index (χ3n) is 3.41. The van der Waals surface area contributed by atoms with Gasteiger partial charge in [0.1, 0.15) is 21.7 Å².